The maximum absolute atomic E-state index is 14.0. The van der Waals surface area contributed by atoms with Crippen LogP contribution < -0.4 is 4.74 Å². The van der Waals surface area contributed by atoms with E-state index < -0.39 is 18.3 Å². The molecule has 0 saturated heterocycles. The lowest BCUT2D eigenvalue weighted by atomic mass is 9.97. The molecule has 0 aliphatic heterocycles. The molecule has 1 N–H and O–H groups in total. The van der Waals surface area contributed by atoms with Crippen LogP contribution in [0.2, 0.25) is 0 Å². The first-order valence-electron chi connectivity index (χ1n) is 5.61. The van der Waals surface area contributed by atoms with Crippen molar-refractivity contribution in [1.82, 2.24) is 0 Å². The Morgan fingerprint density at radius 3 is 2.42 bits per heavy atom. The van der Waals surface area contributed by atoms with Crippen LogP contribution in [-0.4, -0.2) is 18.2 Å². The third-order valence-corrected chi connectivity index (χ3v) is 2.87. The number of ether oxygens (including phenoxy) is 1. The molecule has 0 bridgehead atoms. The van der Waals surface area contributed by atoms with E-state index in [1.165, 1.54) is 25.3 Å². The summed E-state index contributed by atoms with van der Waals surface area (Å²) in [7, 11) is 1.46. The average molecular weight is 266 g/mol. The Balaban J connectivity index is 2.65. The number of fused-ring (bicyclic) bond motifs is 1. The molecule has 0 radical (unpaired) electrons. The second-order valence-electron chi connectivity index (χ2n) is 4.14. The van der Waals surface area contributed by atoms with E-state index in [9.17, 15) is 13.6 Å². The molecule has 100 valence electrons. The van der Waals surface area contributed by atoms with Gasteiger partial charge in [-0.05, 0) is 17.5 Å². The largest absolute Gasteiger partial charge is 0.496 e. The predicted molar refractivity (Wildman–Crippen MR) is 66.6 cm³/mol. The van der Waals surface area contributed by atoms with Crippen LogP contribution in [0.25, 0.3) is 10.8 Å². The van der Waals surface area contributed by atoms with E-state index in [1.54, 1.807) is 18.2 Å². The first-order valence-corrected chi connectivity index (χ1v) is 5.61. The van der Waals surface area contributed by atoms with Crippen LogP contribution in [0.15, 0.2) is 36.4 Å². The van der Waals surface area contributed by atoms with Gasteiger partial charge in [0.1, 0.15) is 12.2 Å². The van der Waals surface area contributed by atoms with Crippen molar-refractivity contribution in [2.24, 2.45) is 0 Å². The summed E-state index contributed by atoms with van der Waals surface area (Å²) in [5, 5.41) is 9.41. The number of carbonyl (C=O) groups is 1. The number of hydrogen-bond donors (Lipinski definition) is 1. The summed E-state index contributed by atoms with van der Waals surface area (Å²) in [6.45, 7) is 0. The quantitative estimate of drug-likeness (QED) is 0.922. The van der Waals surface area contributed by atoms with Crippen molar-refractivity contribution < 1.29 is 23.4 Å². The molecule has 2 aromatic carbocycles. The van der Waals surface area contributed by atoms with E-state index >= 15 is 0 Å². The summed E-state index contributed by atoms with van der Waals surface area (Å²) in [6.07, 6.45) is -1.23. The van der Waals surface area contributed by atoms with Crippen molar-refractivity contribution in [1.29, 1.82) is 0 Å². The Morgan fingerprint density at radius 2 is 1.84 bits per heavy atom. The molecule has 0 aliphatic carbocycles. The van der Waals surface area contributed by atoms with Crippen LogP contribution in [0.3, 0.4) is 0 Å². The number of hydrogen-bond acceptors (Lipinski definition) is 2. The van der Waals surface area contributed by atoms with E-state index in [-0.39, 0.29) is 5.56 Å². The number of benzene rings is 2. The summed E-state index contributed by atoms with van der Waals surface area (Å²) in [5.41, 5.74) is -0.300. The number of aliphatic carboxylic acids is 1. The number of carboxylic acids is 1. The molecule has 0 unspecified atom stereocenters. The van der Waals surface area contributed by atoms with Gasteiger partial charge in [-0.2, -0.15) is 0 Å². The zero-order valence-electron chi connectivity index (χ0n) is 10.2. The molecule has 0 aliphatic rings. The topological polar surface area (TPSA) is 46.5 Å². The number of carboxylic acid groups (broad SMARTS) is 1. The monoisotopic (exact) mass is 266 g/mol. The molecule has 3 nitrogen and oxygen atoms in total. The van der Waals surface area contributed by atoms with Gasteiger partial charge in [0.15, 0.2) is 0 Å². The van der Waals surface area contributed by atoms with Crippen molar-refractivity contribution in [2.75, 3.05) is 7.11 Å². The Kier molecular flexibility index (Phi) is 3.38. The highest BCUT2D eigenvalue weighted by Crippen LogP contribution is 2.39. The van der Waals surface area contributed by atoms with Gasteiger partial charge in [-0.3, -0.25) is 4.79 Å². The van der Waals surface area contributed by atoms with Crippen molar-refractivity contribution in [3.8, 4) is 5.75 Å². The van der Waals surface area contributed by atoms with Gasteiger partial charge in [-0.1, -0.05) is 24.3 Å². The van der Waals surface area contributed by atoms with Crippen LogP contribution >= 0.6 is 0 Å². The fourth-order valence-electron chi connectivity index (χ4n) is 2.05. The molecule has 0 amide bonds. The van der Waals surface area contributed by atoms with E-state index in [0.29, 0.717) is 16.5 Å². The second kappa shape index (κ2) is 4.84. The van der Waals surface area contributed by atoms with Gasteiger partial charge in [0.05, 0.1) is 7.11 Å². The number of methoxy groups -OCH3 is 1. The summed E-state index contributed by atoms with van der Waals surface area (Å²) in [4.78, 5) is 10.5. The van der Waals surface area contributed by atoms with Gasteiger partial charge in [-0.25, -0.2) is 8.78 Å². The number of alkyl halides is 2. The van der Waals surface area contributed by atoms with Crippen LogP contribution in [-0.2, 0) is 10.7 Å². The van der Waals surface area contributed by atoms with Crippen molar-refractivity contribution in [3.63, 3.8) is 0 Å². The Morgan fingerprint density at radius 1 is 1.21 bits per heavy atom. The van der Waals surface area contributed by atoms with Gasteiger partial charge in [-0.15, -0.1) is 0 Å². The van der Waals surface area contributed by atoms with E-state index in [0.717, 1.165) is 0 Å². The van der Waals surface area contributed by atoms with Gasteiger partial charge in [0, 0.05) is 10.9 Å². The minimum Gasteiger partial charge on any atom is -0.496 e. The zero-order valence-corrected chi connectivity index (χ0v) is 10.2. The molecule has 0 fully saturated rings. The normalized spacial score (nSPS) is 11.5. The Bertz CT molecular complexity index is 623. The maximum Gasteiger partial charge on any atom is 0.309 e. The summed E-state index contributed by atoms with van der Waals surface area (Å²) < 4.78 is 33.0. The van der Waals surface area contributed by atoms with Crippen molar-refractivity contribution in [3.05, 3.63) is 42.0 Å². The SMILES string of the molecule is COc1ccc(C(F)(F)CC(=O)O)c2ccccc12. The minimum absolute atomic E-state index is 0.299. The summed E-state index contributed by atoms with van der Waals surface area (Å²) in [5.74, 6) is -4.48. The molecule has 0 spiro atoms. The van der Waals surface area contributed by atoms with Gasteiger partial charge < -0.3 is 9.84 Å². The average Bonchev–Trinajstić information content (AvgIpc) is 2.35. The van der Waals surface area contributed by atoms with Crippen molar-refractivity contribution >= 4 is 16.7 Å². The molecule has 0 heterocycles. The molecule has 2 rings (SSSR count). The first-order chi connectivity index (χ1) is 8.95. The van der Waals surface area contributed by atoms with Crippen LogP contribution in [0.4, 0.5) is 8.78 Å². The van der Waals surface area contributed by atoms with Crippen molar-refractivity contribution in [2.45, 2.75) is 12.3 Å². The fourth-order valence-corrected chi connectivity index (χ4v) is 2.05. The fraction of sp³-hybridized carbons (Fsp3) is 0.214. The molecule has 5 heteroatoms. The zero-order chi connectivity index (χ0) is 14.0. The third kappa shape index (κ3) is 2.50. The molecule has 0 atom stereocenters. The van der Waals surface area contributed by atoms with Gasteiger partial charge in [0.2, 0.25) is 0 Å². The number of halogens is 2. The summed E-state index contributed by atoms with van der Waals surface area (Å²) in [6, 6.07) is 9.17. The molecule has 2 aromatic rings. The van der Waals surface area contributed by atoms with E-state index in [1.807, 2.05) is 0 Å². The van der Waals surface area contributed by atoms with Gasteiger partial charge >= 0.3 is 5.97 Å². The second-order valence-corrected chi connectivity index (χ2v) is 4.14. The Hall–Kier alpha value is -2.17. The molecular weight excluding hydrogens is 254 g/mol. The molecule has 19 heavy (non-hydrogen) atoms. The van der Waals surface area contributed by atoms with Crippen LogP contribution in [0, 0.1) is 0 Å². The smallest absolute Gasteiger partial charge is 0.309 e. The highest BCUT2D eigenvalue weighted by atomic mass is 19.3. The van der Waals surface area contributed by atoms with E-state index in [4.69, 9.17) is 9.84 Å². The lowest BCUT2D eigenvalue weighted by Gasteiger charge is -2.18. The van der Waals surface area contributed by atoms with Crippen LogP contribution in [0.5, 0.6) is 5.75 Å². The lowest BCUT2D eigenvalue weighted by Crippen LogP contribution is -2.18. The summed E-state index contributed by atoms with van der Waals surface area (Å²) >= 11 is 0. The van der Waals surface area contributed by atoms with Gasteiger partial charge in [0.25, 0.3) is 5.92 Å². The Labute approximate surface area is 108 Å². The molecular formula is C14H12F2O3. The van der Waals surface area contributed by atoms with Crippen LogP contribution in [0.1, 0.15) is 12.0 Å². The standard InChI is InChI=1S/C14H12F2O3/c1-19-12-7-6-11(14(15,16)8-13(17)18)9-4-2-3-5-10(9)12/h2-7H,8H2,1H3,(H,17,18). The molecule has 0 aromatic heterocycles. The van der Waals surface area contributed by atoms with E-state index in [2.05, 4.69) is 0 Å². The highest BCUT2D eigenvalue weighted by molar-refractivity contribution is 5.92. The minimum atomic E-state index is -3.42. The first kappa shape index (κ1) is 13.3. The maximum atomic E-state index is 14.0. The molecule has 0 saturated carbocycles. The number of rotatable bonds is 4. The predicted octanol–water partition coefficient (Wildman–Crippen LogP) is 3.41. The highest BCUT2D eigenvalue weighted by Gasteiger charge is 2.36. The lowest BCUT2D eigenvalue weighted by molar-refractivity contribution is -0.145. The third-order valence-electron chi connectivity index (χ3n) is 2.87.